The first-order valence-corrected chi connectivity index (χ1v) is 7.35. The highest BCUT2D eigenvalue weighted by molar-refractivity contribution is 5.76. The van der Waals surface area contributed by atoms with Crippen molar-refractivity contribution in [2.24, 2.45) is 5.73 Å². The zero-order chi connectivity index (χ0) is 15.9. The van der Waals surface area contributed by atoms with Crippen LogP contribution in [-0.2, 0) is 4.79 Å². The van der Waals surface area contributed by atoms with E-state index in [0.717, 1.165) is 6.42 Å². The largest absolute Gasteiger partial charge is 0.401 e. The fourth-order valence-corrected chi connectivity index (χ4v) is 2.45. The van der Waals surface area contributed by atoms with Crippen LogP contribution >= 0.6 is 0 Å². The van der Waals surface area contributed by atoms with Crippen LogP contribution in [0.25, 0.3) is 0 Å². The maximum absolute atomic E-state index is 12.3. The first kappa shape index (κ1) is 18.2. The number of carbonyl (C=O) groups excluding carboxylic acids is 1. The summed E-state index contributed by atoms with van der Waals surface area (Å²) >= 11 is 0. The van der Waals surface area contributed by atoms with Gasteiger partial charge in [0.05, 0.1) is 6.54 Å². The van der Waals surface area contributed by atoms with Gasteiger partial charge >= 0.3 is 6.18 Å². The lowest BCUT2D eigenvalue weighted by molar-refractivity contribution is -0.149. The Morgan fingerprint density at radius 3 is 2.38 bits per heavy atom. The highest BCUT2D eigenvalue weighted by Crippen LogP contribution is 2.18. The Morgan fingerprint density at radius 2 is 1.90 bits per heavy atom. The Morgan fingerprint density at radius 1 is 1.29 bits per heavy atom. The molecule has 1 rings (SSSR count). The molecular formula is C13H25F3N4O. The fraction of sp³-hybridized carbons (Fsp3) is 0.923. The zero-order valence-corrected chi connectivity index (χ0v) is 12.5. The van der Waals surface area contributed by atoms with E-state index in [1.807, 2.05) is 11.8 Å². The molecule has 3 N–H and O–H groups in total. The molecule has 1 unspecified atom stereocenters. The summed E-state index contributed by atoms with van der Waals surface area (Å²) in [4.78, 5) is 15.1. The van der Waals surface area contributed by atoms with Crippen LogP contribution in [0.1, 0.15) is 19.8 Å². The van der Waals surface area contributed by atoms with E-state index in [0.29, 0.717) is 45.7 Å². The molecule has 1 heterocycles. The highest BCUT2D eigenvalue weighted by atomic mass is 19.4. The standard InChI is InChI=1S/C13H25F3N4O/c1-2-3-18-12(21)8-11(9-17)20-6-4-19(5-7-20)10-13(14,15)16/h11H,2-10,17H2,1H3,(H,18,21). The van der Waals surface area contributed by atoms with Crippen molar-refractivity contribution >= 4 is 5.91 Å². The molecule has 1 saturated heterocycles. The van der Waals surface area contributed by atoms with Crippen LogP contribution in [0.2, 0.25) is 0 Å². The Hall–Kier alpha value is -0.860. The Labute approximate surface area is 123 Å². The highest BCUT2D eigenvalue weighted by Gasteiger charge is 2.33. The normalized spacial score (nSPS) is 19.5. The number of amides is 1. The second-order valence-corrected chi connectivity index (χ2v) is 5.37. The second-order valence-electron chi connectivity index (χ2n) is 5.37. The molecule has 124 valence electrons. The lowest BCUT2D eigenvalue weighted by Gasteiger charge is -2.38. The predicted octanol–water partition coefficient (Wildman–Crippen LogP) is 0.410. The van der Waals surface area contributed by atoms with Crippen molar-refractivity contribution in [3.05, 3.63) is 0 Å². The van der Waals surface area contributed by atoms with E-state index in [9.17, 15) is 18.0 Å². The molecule has 0 radical (unpaired) electrons. The van der Waals surface area contributed by atoms with Gasteiger partial charge in [-0.25, -0.2) is 0 Å². The number of alkyl halides is 3. The molecule has 1 amide bonds. The third-order valence-corrected chi connectivity index (χ3v) is 3.59. The van der Waals surface area contributed by atoms with E-state index in [2.05, 4.69) is 5.32 Å². The first-order chi connectivity index (χ1) is 9.85. The number of carbonyl (C=O) groups is 1. The zero-order valence-electron chi connectivity index (χ0n) is 12.5. The summed E-state index contributed by atoms with van der Waals surface area (Å²) in [6.45, 7) is 3.80. The van der Waals surface area contributed by atoms with Gasteiger partial charge in [0.25, 0.3) is 0 Å². The third kappa shape index (κ3) is 7.10. The summed E-state index contributed by atoms with van der Waals surface area (Å²) in [6, 6.07) is -0.102. The molecule has 0 bridgehead atoms. The van der Waals surface area contributed by atoms with Gasteiger partial charge in [-0.2, -0.15) is 13.2 Å². The molecule has 0 saturated carbocycles. The average Bonchev–Trinajstić information content (AvgIpc) is 2.42. The molecule has 5 nitrogen and oxygen atoms in total. The number of hydrogen-bond acceptors (Lipinski definition) is 4. The average molecular weight is 310 g/mol. The molecule has 0 aromatic rings. The third-order valence-electron chi connectivity index (χ3n) is 3.59. The molecule has 1 aliphatic rings. The minimum absolute atomic E-state index is 0.0509. The van der Waals surface area contributed by atoms with Gasteiger partial charge in [-0.3, -0.25) is 14.6 Å². The molecule has 21 heavy (non-hydrogen) atoms. The van der Waals surface area contributed by atoms with Gasteiger partial charge in [-0.05, 0) is 6.42 Å². The van der Waals surface area contributed by atoms with Crippen molar-refractivity contribution in [3.8, 4) is 0 Å². The van der Waals surface area contributed by atoms with E-state index < -0.39 is 12.7 Å². The van der Waals surface area contributed by atoms with E-state index in [-0.39, 0.29) is 11.9 Å². The Bertz CT molecular complexity index is 317. The summed E-state index contributed by atoms with van der Waals surface area (Å²) in [5.74, 6) is -0.0509. The number of nitrogens with two attached hydrogens (primary N) is 1. The van der Waals surface area contributed by atoms with Crippen molar-refractivity contribution in [2.75, 3.05) is 45.8 Å². The van der Waals surface area contributed by atoms with Crippen molar-refractivity contribution in [1.82, 2.24) is 15.1 Å². The van der Waals surface area contributed by atoms with Gasteiger partial charge in [0.15, 0.2) is 0 Å². The molecule has 8 heteroatoms. The van der Waals surface area contributed by atoms with Crippen molar-refractivity contribution in [2.45, 2.75) is 32.0 Å². The molecule has 1 fully saturated rings. The summed E-state index contributed by atoms with van der Waals surface area (Å²) in [6.07, 6.45) is -2.99. The number of hydrogen-bond donors (Lipinski definition) is 2. The summed E-state index contributed by atoms with van der Waals surface area (Å²) in [7, 11) is 0. The maximum Gasteiger partial charge on any atom is 0.401 e. The van der Waals surface area contributed by atoms with Crippen LogP contribution in [-0.4, -0.2) is 73.7 Å². The van der Waals surface area contributed by atoms with Gasteiger partial charge in [-0.15, -0.1) is 0 Å². The predicted molar refractivity (Wildman–Crippen MR) is 74.8 cm³/mol. The summed E-state index contributed by atoms with van der Waals surface area (Å²) in [5.41, 5.74) is 5.70. The Balaban J connectivity index is 2.38. The molecule has 0 aliphatic carbocycles. The van der Waals surface area contributed by atoms with Crippen LogP contribution in [0.15, 0.2) is 0 Å². The molecule has 0 aromatic heterocycles. The SMILES string of the molecule is CCCNC(=O)CC(CN)N1CCN(CC(F)(F)F)CC1. The molecule has 0 spiro atoms. The van der Waals surface area contributed by atoms with Crippen LogP contribution in [0, 0.1) is 0 Å². The monoisotopic (exact) mass is 310 g/mol. The molecule has 0 aromatic carbocycles. The Kier molecular flexibility index (Phi) is 7.41. The number of rotatable bonds is 7. The first-order valence-electron chi connectivity index (χ1n) is 7.35. The summed E-state index contributed by atoms with van der Waals surface area (Å²) in [5, 5.41) is 2.80. The quantitative estimate of drug-likeness (QED) is 0.715. The lowest BCUT2D eigenvalue weighted by Crippen LogP contribution is -2.54. The lowest BCUT2D eigenvalue weighted by atomic mass is 10.1. The number of piperazine rings is 1. The minimum atomic E-state index is -4.16. The molecule has 1 aliphatic heterocycles. The fourth-order valence-electron chi connectivity index (χ4n) is 2.45. The van der Waals surface area contributed by atoms with E-state index in [1.54, 1.807) is 0 Å². The van der Waals surface area contributed by atoms with Crippen LogP contribution in [0.4, 0.5) is 13.2 Å². The van der Waals surface area contributed by atoms with E-state index >= 15 is 0 Å². The van der Waals surface area contributed by atoms with E-state index in [1.165, 1.54) is 4.90 Å². The van der Waals surface area contributed by atoms with Gasteiger partial charge in [0, 0.05) is 51.7 Å². The van der Waals surface area contributed by atoms with Crippen molar-refractivity contribution in [3.63, 3.8) is 0 Å². The number of nitrogens with zero attached hydrogens (tertiary/aromatic N) is 2. The van der Waals surface area contributed by atoms with Crippen molar-refractivity contribution in [1.29, 1.82) is 0 Å². The second kappa shape index (κ2) is 8.55. The maximum atomic E-state index is 12.3. The topological polar surface area (TPSA) is 61.6 Å². The number of nitrogens with one attached hydrogen (secondary N) is 1. The van der Waals surface area contributed by atoms with Crippen LogP contribution in [0.5, 0.6) is 0 Å². The van der Waals surface area contributed by atoms with Gasteiger partial charge in [-0.1, -0.05) is 6.92 Å². The summed E-state index contributed by atoms with van der Waals surface area (Å²) < 4.78 is 37.0. The smallest absolute Gasteiger partial charge is 0.356 e. The molecular weight excluding hydrogens is 285 g/mol. The van der Waals surface area contributed by atoms with Gasteiger partial charge in [0.2, 0.25) is 5.91 Å². The molecule has 1 atom stereocenters. The van der Waals surface area contributed by atoms with Gasteiger partial charge in [0.1, 0.15) is 0 Å². The van der Waals surface area contributed by atoms with Crippen LogP contribution in [0.3, 0.4) is 0 Å². The van der Waals surface area contributed by atoms with Crippen LogP contribution < -0.4 is 11.1 Å². The number of halogens is 3. The minimum Gasteiger partial charge on any atom is -0.356 e. The van der Waals surface area contributed by atoms with Gasteiger partial charge < -0.3 is 11.1 Å². The van der Waals surface area contributed by atoms with E-state index in [4.69, 9.17) is 5.73 Å². The van der Waals surface area contributed by atoms with Crippen molar-refractivity contribution < 1.29 is 18.0 Å².